The van der Waals surface area contributed by atoms with Crippen molar-refractivity contribution in [3.63, 3.8) is 0 Å². The van der Waals surface area contributed by atoms with E-state index in [1.165, 1.54) is 0 Å². The maximum absolute atomic E-state index is 12.4. The van der Waals surface area contributed by atoms with Crippen molar-refractivity contribution in [3.05, 3.63) is 76.8 Å². The van der Waals surface area contributed by atoms with Gasteiger partial charge in [-0.25, -0.2) is 0 Å². The number of nitrogens with zero attached hydrogens (tertiary/aromatic N) is 2. The molecule has 3 aliphatic heterocycles. The van der Waals surface area contributed by atoms with Crippen molar-refractivity contribution in [3.8, 4) is 12.3 Å². The van der Waals surface area contributed by atoms with Gasteiger partial charge in [-0.15, -0.1) is 6.42 Å². The summed E-state index contributed by atoms with van der Waals surface area (Å²) >= 11 is 0. The number of carbonyl (C=O) groups excluding carboxylic acids is 2. The molecule has 5 rings (SSSR count). The van der Waals surface area contributed by atoms with Crippen LogP contribution in [0.3, 0.4) is 0 Å². The van der Waals surface area contributed by atoms with Gasteiger partial charge in [-0.05, 0) is 56.5 Å². The number of terminal acetylenes is 1. The quantitative estimate of drug-likeness (QED) is 0.379. The monoisotopic (exact) mass is 586 g/mol. The highest BCUT2D eigenvalue weighted by Gasteiger charge is 2.50. The molecule has 3 heterocycles. The zero-order chi connectivity index (χ0) is 30.9. The van der Waals surface area contributed by atoms with E-state index in [4.69, 9.17) is 25.2 Å². The van der Waals surface area contributed by atoms with Gasteiger partial charge in [0.2, 0.25) is 11.8 Å². The topological polar surface area (TPSA) is 77.5 Å². The number of benzene rings is 2. The number of morpholine rings is 2. The molecule has 9 heteroatoms. The van der Waals surface area contributed by atoms with Crippen LogP contribution in [-0.2, 0) is 41.2 Å². The molecule has 0 aliphatic carbocycles. The summed E-state index contributed by atoms with van der Waals surface area (Å²) < 4.78 is 22.5. The second-order valence-electron chi connectivity index (χ2n) is 11.9. The first-order valence-corrected chi connectivity index (χ1v) is 15.0. The Labute approximate surface area is 256 Å². The molecule has 0 N–H and O–H groups in total. The first-order chi connectivity index (χ1) is 20.6. The smallest absolute Gasteiger partial charge is 0.400 e. The van der Waals surface area contributed by atoms with Gasteiger partial charge in [0.1, 0.15) is 0 Å². The largest absolute Gasteiger partial charge is 0.487 e. The molecule has 0 bridgehead atoms. The van der Waals surface area contributed by atoms with E-state index < -0.39 is 0 Å². The average Bonchev–Trinajstić information content (AvgIpc) is 3.23. The maximum atomic E-state index is 12.4. The third-order valence-corrected chi connectivity index (χ3v) is 8.20. The summed E-state index contributed by atoms with van der Waals surface area (Å²) in [6.45, 7) is 13.4. The average molecular weight is 587 g/mol. The lowest BCUT2D eigenvalue weighted by Crippen LogP contribution is -2.41. The van der Waals surface area contributed by atoms with Gasteiger partial charge in [-0.1, -0.05) is 54.4 Å². The second kappa shape index (κ2) is 14.8. The van der Waals surface area contributed by atoms with Gasteiger partial charge in [0.25, 0.3) is 0 Å². The minimum atomic E-state index is -0.362. The Hall–Kier alpha value is -3.42. The van der Waals surface area contributed by atoms with Crippen molar-refractivity contribution >= 4 is 25.0 Å². The Morgan fingerprint density at radius 3 is 1.81 bits per heavy atom. The standard InChI is InChI=1S/C20H28BNO4.C14H15NO2/c1-19(2)20(3,4)26-21(25-19)9-8-16-6-5-7-17(14-16)15-18(23)22-10-12-24-13-11-22;1-2-12-4-3-5-13(10-12)11-14(16)15-6-8-17-9-7-15/h5-9,14H,10-13,15H2,1-4H3;1,3-5,10H,6-9,11H2/b9-8+;. The van der Waals surface area contributed by atoms with Gasteiger partial charge in [0, 0.05) is 31.7 Å². The molecule has 0 spiro atoms. The fourth-order valence-electron chi connectivity index (χ4n) is 4.93. The zero-order valence-corrected chi connectivity index (χ0v) is 25.8. The Morgan fingerprint density at radius 2 is 1.30 bits per heavy atom. The van der Waals surface area contributed by atoms with Crippen LogP contribution in [0, 0.1) is 12.3 Å². The van der Waals surface area contributed by atoms with Crippen LogP contribution in [-0.4, -0.2) is 92.5 Å². The molecule has 0 atom stereocenters. The van der Waals surface area contributed by atoms with Crippen molar-refractivity contribution in [2.24, 2.45) is 0 Å². The van der Waals surface area contributed by atoms with E-state index in [0.717, 1.165) is 22.3 Å². The Bertz CT molecular complexity index is 1310. The summed E-state index contributed by atoms with van der Waals surface area (Å²) in [6.07, 6.45) is 8.15. The van der Waals surface area contributed by atoms with Gasteiger partial charge in [-0.3, -0.25) is 9.59 Å². The molecule has 3 saturated heterocycles. The van der Waals surface area contributed by atoms with E-state index >= 15 is 0 Å². The van der Waals surface area contributed by atoms with Crippen molar-refractivity contribution in [2.45, 2.75) is 51.7 Å². The number of rotatable bonds is 6. The Balaban J connectivity index is 0.000000215. The minimum absolute atomic E-state index is 0.141. The first-order valence-electron chi connectivity index (χ1n) is 15.0. The zero-order valence-electron chi connectivity index (χ0n) is 25.8. The van der Waals surface area contributed by atoms with Gasteiger partial charge in [-0.2, -0.15) is 0 Å². The number of hydrogen-bond acceptors (Lipinski definition) is 6. The van der Waals surface area contributed by atoms with E-state index in [2.05, 4.69) is 5.92 Å². The Kier molecular flexibility index (Phi) is 11.2. The molecule has 2 amide bonds. The molecule has 43 heavy (non-hydrogen) atoms. The van der Waals surface area contributed by atoms with Crippen LogP contribution in [0.4, 0.5) is 0 Å². The van der Waals surface area contributed by atoms with Gasteiger partial charge in [0.05, 0.1) is 50.5 Å². The van der Waals surface area contributed by atoms with Crippen molar-refractivity contribution in [2.75, 3.05) is 52.6 Å². The number of ether oxygens (including phenoxy) is 2. The molecule has 0 aromatic heterocycles. The van der Waals surface area contributed by atoms with E-state index in [0.29, 0.717) is 65.4 Å². The molecule has 228 valence electrons. The highest BCUT2D eigenvalue weighted by atomic mass is 16.7. The van der Waals surface area contributed by atoms with Gasteiger partial charge < -0.3 is 28.6 Å². The summed E-state index contributed by atoms with van der Waals surface area (Å²) in [5, 5.41) is 0. The number of hydrogen-bond donors (Lipinski definition) is 0. The summed E-state index contributed by atoms with van der Waals surface area (Å²) in [7, 11) is -0.362. The van der Waals surface area contributed by atoms with Crippen molar-refractivity contribution in [1.82, 2.24) is 9.80 Å². The van der Waals surface area contributed by atoms with Crippen molar-refractivity contribution in [1.29, 1.82) is 0 Å². The summed E-state index contributed by atoms with van der Waals surface area (Å²) in [5.74, 6) is 4.80. The summed E-state index contributed by atoms with van der Waals surface area (Å²) in [5.41, 5.74) is 3.15. The van der Waals surface area contributed by atoms with Crippen LogP contribution in [0.5, 0.6) is 0 Å². The fraction of sp³-hybridized carbons (Fsp3) is 0.471. The molecule has 2 aromatic carbocycles. The lowest BCUT2D eigenvalue weighted by atomic mass is 9.89. The van der Waals surface area contributed by atoms with E-state index in [1.807, 2.05) is 98.1 Å². The van der Waals surface area contributed by atoms with E-state index in [-0.39, 0.29) is 30.1 Å². The lowest BCUT2D eigenvalue weighted by Gasteiger charge is -2.32. The number of carbonyl (C=O) groups is 2. The molecule has 0 saturated carbocycles. The second-order valence-corrected chi connectivity index (χ2v) is 11.9. The molecule has 3 fully saturated rings. The highest BCUT2D eigenvalue weighted by Crippen LogP contribution is 2.37. The third kappa shape index (κ3) is 9.28. The van der Waals surface area contributed by atoms with Gasteiger partial charge in [0.15, 0.2) is 0 Å². The van der Waals surface area contributed by atoms with E-state index in [9.17, 15) is 9.59 Å². The fourth-order valence-corrected chi connectivity index (χ4v) is 4.93. The van der Waals surface area contributed by atoms with Crippen molar-refractivity contribution < 1.29 is 28.4 Å². The van der Waals surface area contributed by atoms with E-state index in [1.54, 1.807) is 0 Å². The van der Waals surface area contributed by atoms with Gasteiger partial charge >= 0.3 is 7.12 Å². The van der Waals surface area contributed by atoms with Crippen LogP contribution < -0.4 is 0 Å². The van der Waals surface area contributed by atoms with Crippen LogP contribution in [0.15, 0.2) is 54.5 Å². The van der Waals surface area contributed by atoms with Crippen LogP contribution in [0.25, 0.3) is 6.08 Å². The highest BCUT2D eigenvalue weighted by molar-refractivity contribution is 6.52. The molecular weight excluding hydrogens is 543 g/mol. The number of amides is 2. The molecule has 0 radical (unpaired) electrons. The third-order valence-electron chi connectivity index (χ3n) is 8.20. The maximum Gasteiger partial charge on any atom is 0.487 e. The molecule has 2 aromatic rings. The summed E-state index contributed by atoms with van der Waals surface area (Å²) in [6, 6.07) is 15.6. The first kappa shape index (κ1) is 32.5. The van der Waals surface area contributed by atoms with Crippen LogP contribution >= 0.6 is 0 Å². The van der Waals surface area contributed by atoms with Crippen LogP contribution in [0.1, 0.15) is 49.9 Å². The molecular formula is C34H43BN2O6. The predicted molar refractivity (Wildman–Crippen MR) is 168 cm³/mol. The normalized spacial score (nSPS) is 19.5. The molecule has 0 unspecified atom stereocenters. The lowest BCUT2D eigenvalue weighted by molar-refractivity contribution is -0.135. The van der Waals surface area contributed by atoms with Crippen LogP contribution in [0.2, 0.25) is 0 Å². The Morgan fingerprint density at radius 1 is 0.814 bits per heavy atom. The molecule has 8 nitrogen and oxygen atoms in total. The SMILES string of the molecule is C#Cc1cccc(CC(=O)N2CCOCC2)c1.CC1(C)OB(/C=C/c2cccc(CC(=O)N3CCOCC3)c2)OC1(C)C. The predicted octanol–water partition coefficient (Wildman–Crippen LogP) is 3.80. The minimum Gasteiger partial charge on any atom is -0.400 e. The molecule has 3 aliphatic rings. The summed E-state index contributed by atoms with van der Waals surface area (Å²) in [4.78, 5) is 28.1.